The Morgan fingerprint density at radius 3 is 1.59 bits per heavy atom. The minimum atomic E-state index is 0.0137. The number of benzene rings is 6. The molecule has 7 aromatic rings. The van der Waals surface area contributed by atoms with E-state index in [0.29, 0.717) is 0 Å². The highest BCUT2D eigenvalue weighted by Crippen LogP contribution is 2.53. The van der Waals surface area contributed by atoms with Crippen molar-refractivity contribution in [1.29, 1.82) is 0 Å². The van der Waals surface area contributed by atoms with Crippen LogP contribution in [0.2, 0.25) is 0 Å². The van der Waals surface area contributed by atoms with Crippen LogP contribution in [0.4, 0.5) is 34.1 Å². The molecule has 0 unspecified atom stereocenters. The summed E-state index contributed by atoms with van der Waals surface area (Å²) in [5.41, 5.74) is 25.2. The zero-order valence-corrected chi connectivity index (χ0v) is 40.4. The molecule has 0 atom stereocenters. The van der Waals surface area contributed by atoms with Gasteiger partial charge >= 0.3 is 0 Å². The smallest absolute Gasteiger partial charge is 0.252 e. The highest BCUT2D eigenvalue weighted by Gasteiger charge is 2.48. The third-order valence-corrected chi connectivity index (χ3v) is 16.4. The SMILES string of the molecule is Cc1cc2c3c(c1)N(c1cc4c(cc1C)C(C)(C)CCC4(C)C)c1cc4oc5ccccc5c4cc1B3c1cc3c(cc1N2c1ccc(C(C)(C)C)cc1C)C(C)(C)CCC3(C)C. The first-order chi connectivity index (χ1) is 29.6. The Bertz CT molecular complexity index is 3110. The highest BCUT2D eigenvalue weighted by molar-refractivity contribution is 7.00. The second-order valence-electron chi connectivity index (χ2n) is 23.8. The van der Waals surface area contributed by atoms with Crippen LogP contribution in [0.15, 0.2) is 95.4 Å². The summed E-state index contributed by atoms with van der Waals surface area (Å²) in [4.78, 5) is 5.31. The molecule has 0 amide bonds. The van der Waals surface area contributed by atoms with E-state index in [4.69, 9.17) is 4.42 Å². The van der Waals surface area contributed by atoms with Crippen molar-refractivity contribution >= 4 is 79.2 Å². The fourth-order valence-corrected chi connectivity index (χ4v) is 12.3. The molecule has 0 fully saturated rings. The number of nitrogens with zero attached hydrogens (tertiary/aromatic N) is 2. The largest absolute Gasteiger partial charge is 0.456 e. The van der Waals surface area contributed by atoms with Gasteiger partial charge in [0.2, 0.25) is 0 Å². The predicted octanol–water partition coefficient (Wildman–Crippen LogP) is 14.6. The number of anilines is 6. The number of furan rings is 1. The van der Waals surface area contributed by atoms with Crippen molar-refractivity contribution in [2.75, 3.05) is 9.80 Å². The third kappa shape index (κ3) is 5.84. The van der Waals surface area contributed by atoms with Gasteiger partial charge in [-0.1, -0.05) is 125 Å². The van der Waals surface area contributed by atoms with E-state index in [9.17, 15) is 0 Å². The fourth-order valence-electron chi connectivity index (χ4n) is 12.3. The summed E-state index contributed by atoms with van der Waals surface area (Å²) >= 11 is 0. The normalized spacial score (nSPS) is 18.8. The van der Waals surface area contributed by atoms with E-state index in [2.05, 4.69) is 198 Å². The van der Waals surface area contributed by atoms with E-state index in [-0.39, 0.29) is 33.8 Å². The van der Waals surface area contributed by atoms with E-state index in [1.807, 2.05) is 0 Å². The van der Waals surface area contributed by atoms with E-state index in [1.54, 1.807) is 0 Å². The van der Waals surface area contributed by atoms with Crippen LogP contribution in [0, 0.1) is 20.8 Å². The topological polar surface area (TPSA) is 19.6 Å². The molecule has 1 aromatic heterocycles. The molecule has 4 aliphatic rings. The number of rotatable bonds is 2. The Balaban J connectivity index is 1.28. The lowest BCUT2D eigenvalue weighted by Crippen LogP contribution is -2.62. The predicted molar refractivity (Wildman–Crippen MR) is 271 cm³/mol. The minimum absolute atomic E-state index is 0.0137. The molecular weight excluding hydrogens is 763 g/mol. The molecule has 0 saturated heterocycles. The monoisotopic (exact) mass is 829 g/mol. The summed E-state index contributed by atoms with van der Waals surface area (Å²) in [7, 11) is 0. The molecule has 6 aromatic carbocycles. The third-order valence-electron chi connectivity index (χ3n) is 16.4. The van der Waals surface area contributed by atoms with Crippen LogP contribution in [0.5, 0.6) is 0 Å². The first-order valence-corrected chi connectivity index (χ1v) is 23.7. The van der Waals surface area contributed by atoms with Crippen molar-refractivity contribution in [3.05, 3.63) is 136 Å². The van der Waals surface area contributed by atoms with Gasteiger partial charge in [-0.2, -0.15) is 0 Å². The van der Waals surface area contributed by atoms with Gasteiger partial charge in [-0.05, 0) is 171 Å². The Kier molecular flexibility index (Phi) is 8.34. The van der Waals surface area contributed by atoms with Crippen LogP contribution < -0.4 is 26.2 Å². The van der Waals surface area contributed by atoms with Crippen LogP contribution in [0.25, 0.3) is 21.9 Å². The van der Waals surface area contributed by atoms with Crippen molar-refractivity contribution in [2.24, 2.45) is 0 Å². The molecule has 0 N–H and O–H groups in total. The van der Waals surface area contributed by atoms with Gasteiger partial charge in [0.1, 0.15) is 11.2 Å². The van der Waals surface area contributed by atoms with Crippen molar-refractivity contribution in [1.82, 2.24) is 0 Å². The molecule has 2 aliphatic heterocycles. The maximum atomic E-state index is 6.78. The average molecular weight is 829 g/mol. The van der Waals surface area contributed by atoms with E-state index in [0.717, 1.165) is 11.2 Å². The van der Waals surface area contributed by atoms with Crippen LogP contribution >= 0.6 is 0 Å². The Hall–Kier alpha value is -5.22. The molecule has 0 bridgehead atoms. The summed E-state index contributed by atoms with van der Waals surface area (Å²) in [6.07, 6.45) is 4.71. The van der Waals surface area contributed by atoms with E-state index in [1.165, 1.54) is 131 Å². The first-order valence-electron chi connectivity index (χ1n) is 23.7. The van der Waals surface area contributed by atoms with E-state index < -0.39 is 0 Å². The quantitative estimate of drug-likeness (QED) is 0.162. The lowest BCUT2D eigenvalue weighted by atomic mass is 9.33. The summed E-state index contributed by atoms with van der Waals surface area (Å²) in [5, 5.41) is 2.36. The fraction of sp³-hybridized carbons (Fsp3) is 0.390. The molecule has 0 saturated carbocycles. The number of fused-ring (bicyclic) bond motifs is 9. The van der Waals surface area contributed by atoms with Crippen molar-refractivity contribution in [2.45, 2.75) is 150 Å². The minimum Gasteiger partial charge on any atom is -0.456 e. The maximum Gasteiger partial charge on any atom is 0.252 e. The molecule has 0 spiro atoms. The molecule has 11 rings (SSSR count). The maximum absolute atomic E-state index is 6.78. The summed E-state index contributed by atoms with van der Waals surface area (Å²) in [6.45, 7) is 33.7. The number of aryl methyl sites for hydroxylation is 3. The molecule has 2 aliphatic carbocycles. The Morgan fingerprint density at radius 2 is 0.984 bits per heavy atom. The second-order valence-corrected chi connectivity index (χ2v) is 23.8. The van der Waals surface area contributed by atoms with Crippen molar-refractivity contribution in [3.63, 3.8) is 0 Å². The molecule has 63 heavy (non-hydrogen) atoms. The van der Waals surface area contributed by atoms with Crippen LogP contribution in [-0.4, -0.2) is 6.71 Å². The van der Waals surface area contributed by atoms with Crippen molar-refractivity contribution < 1.29 is 4.42 Å². The van der Waals surface area contributed by atoms with Crippen LogP contribution in [-0.2, 0) is 27.1 Å². The number of hydrogen-bond acceptors (Lipinski definition) is 3. The zero-order valence-electron chi connectivity index (χ0n) is 40.4. The summed E-state index contributed by atoms with van der Waals surface area (Å²) in [6, 6.07) is 36.1. The molecule has 3 heterocycles. The van der Waals surface area contributed by atoms with E-state index >= 15 is 0 Å². The van der Waals surface area contributed by atoms with Gasteiger partial charge in [0.25, 0.3) is 6.71 Å². The van der Waals surface area contributed by atoms with Crippen LogP contribution in [0.3, 0.4) is 0 Å². The molecule has 320 valence electrons. The number of hydrogen-bond donors (Lipinski definition) is 0. The van der Waals surface area contributed by atoms with Crippen molar-refractivity contribution in [3.8, 4) is 0 Å². The number of para-hydroxylation sites is 1. The Labute approximate surface area is 377 Å². The van der Waals surface area contributed by atoms with Gasteiger partial charge in [-0.15, -0.1) is 0 Å². The lowest BCUT2D eigenvalue weighted by Gasteiger charge is -2.48. The highest BCUT2D eigenvalue weighted by atomic mass is 16.3. The van der Waals surface area contributed by atoms with Crippen LogP contribution in [0.1, 0.15) is 146 Å². The average Bonchev–Trinajstić information content (AvgIpc) is 3.57. The summed E-state index contributed by atoms with van der Waals surface area (Å²) < 4.78 is 6.78. The zero-order chi connectivity index (χ0) is 44.5. The van der Waals surface area contributed by atoms with Gasteiger partial charge < -0.3 is 14.2 Å². The van der Waals surface area contributed by atoms with Gasteiger partial charge in [0, 0.05) is 51.0 Å². The second kappa shape index (κ2) is 13.0. The van der Waals surface area contributed by atoms with Gasteiger partial charge in [-0.3, -0.25) is 0 Å². The molecule has 4 heteroatoms. The molecular formula is C59H65BN2O. The standard InChI is InChI=1S/C59H65BN2O/c1-34-25-50-54-51(26-34)62(47-31-42-40(28-36(47)3)56(7,8)21-23-58(42,11)12)49-33-53-39(38-17-15-16-18-52(38)63-53)29-44(49)60(54)45-30-41-43(59(13,14)24-22-57(41,9)10)32-48(45)61(50)46-20-19-37(27-35(46)2)55(4,5)6/h15-20,25-33H,21-24H2,1-14H3. The first kappa shape index (κ1) is 40.6. The van der Waals surface area contributed by atoms with Gasteiger partial charge in [0.15, 0.2) is 0 Å². The van der Waals surface area contributed by atoms with Gasteiger partial charge in [-0.25, -0.2) is 0 Å². The molecule has 0 radical (unpaired) electrons. The molecule has 3 nitrogen and oxygen atoms in total. The Morgan fingerprint density at radius 1 is 0.476 bits per heavy atom. The summed E-state index contributed by atoms with van der Waals surface area (Å²) in [5.74, 6) is 0. The lowest BCUT2D eigenvalue weighted by molar-refractivity contribution is 0.332. The van der Waals surface area contributed by atoms with Gasteiger partial charge in [0.05, 0.1) is 0 Å².